The van der Waals surface area contributed by atoms with Gasteiger partial charge < -0.3 is 55.3 Å². The Balaban J connectivity index is 1.28. The van der Waals surface area contributed by atoms with E-state index in [4.69, 9.17) is 19.0 Å². The average Bonchev–Trinajstić information content (AvgIpc) is 1.60. The number of carbonyl (C=O) groups excluding carboxylic acids is 9. The summed E-state index contributed by atoms with van der Waals surface area (Å²) in [6.45, 7) is 15.2. The van der Waals surface area contributed by atoms with Crippen LogP contribution in [0.4, 0.5) is 5.69 Å². The Labute approximate surface area is 530 Å². The van der Waals surface area contributed by atoms with Gasteiger partial charge in [0.25, 0.3) is 23.1 Å². The van der Waals surface area contributed by atoms with Gasteiger partial charge in [-0.1, -0.05) is 79.2 Å². The first-order valence-corrected chi connectivity index (χ1v) is 31.7. The van der Waals surface area contributed by atoms with Gasteiger partial charge in [-0.3, -0.25) is 67.0 Å². The van der Waals surface area contributed by atoms with Gasteiger partial charge in [-0.05, 0) is 99.8 Å². The van der Waals surface area contributed by atoms with E-state index in [1.807, 2.05) is 65.3 Å². The summed E-state index contributed by atoms with van der Waals surface area (Å²) in [6.07, 6.45) is 0.412. The highest BCUT2D eigenvalue weighted by Crippen LogP contribution is 2.30. The Morgan fingerprint density at radius 3 is 1.91 bits per heavy atom. The number of benzene rings is 2. The lowest BCUT2D eigenvalue weighted by Gasteiger charge is -2.41. The number of aliphatic carboxylic acids is 1. The van der Waals surface area contributed by atoms with E-state index in [0.717, 1.165) is 0 Å². The summed E-state index contributed by atoms with van der Waals surface area (Å²) in [7, 11) is 8.23. The van der Waals surface area contributed by atoms with Crippen LogP contribution in [-0.4, -0.2) is 203 Å². The second-order valence-electron chi connectivity index (χ2n) is 24.2. The second-order valence-corrected chi connectivity index (χ2v) is 24.9. The van der Waals surface area contributed by atoms with Gasteiger partial charge in [-0.2, -0.15) is 0 Å². The minimum absolute atomic E-state index is 0.0167. The molecule has 0 spiro atoms. The van der Waals surface area contributed by atoms with Crippen LogP contribution >= 0.6 is 0 Å². The van der Waals surface area contributed by atoms with E-state index in [0.29, 0.717) is 68.6 Å². The summed E-state index contributed by atoms with van der Waals surface area (Å²) in [5.41, 5.74) is 3.86. The van der Waals surface area contributed by atoms with E-state index in [1.54, 1.807) is 65.1 Å². The topological polar surface area (TPSA) is 350 Å². The van der Waals surface area contributed by atoms with Crippen LogP contribution in [0.5, 0.6) is 5.75 Å². The number of nitrogens with zero attached hydrogens (tertiary/aromatic N) is 4. The number of carboxylic acids is 1. The number of anilines is 1. The van der Waals surface area contributed by atoms with E-state index in [-0.39, 0.29) is 79.4 Å². The molecule has 11 atom stereocenters. The predicted octanol–water partition coefficient (Wildman–Crippen LogP) is 2.79. The standard InChI is InChI=1S/C62H96N10O17S/c1-14-38(6)55(70(11)61(81)53(36(2)3)66-60(80)54(37(4)5)69(9)10)48(86-12)33-52(76)72-29-15-16-47(72)56(87-13)39(7)57(77)65-46(59(79)68-90(84)85)32-41-19-23-45(24-20-41)88-35-50(74)67-89-34-42-17-21-44(22-18-42)64-58(78)40(8)63-49(73)25-26-51(75)71-30-27-43(28-31-71)62(82)83/h17-24,36-40,43,46-48,53-56H,14-16,25-35H2,1-13H3,(H,63,73)(H,64,78)(H,65,77)(H,66,80)(H,67,74)(H,68,79)(H,82,83)(H,84,85)/t38-,39+,40-,46-,47-,48+,53-,54-,55-,56+/m0/s1. The normalized spacial score (nSPS) is 17.8. The van der Waals surface area contributed by atoms with Crippen LogP contribution < -0.4 is 36.2 Å². The first-order valence-electron chi connectivity index (χ1n) is 30.6. The minimum atomic E-state index is -2.77. The van der Waals surface area contributed by atoms with Crippen LogP contribution in [0.25, 0.3) is 0 Å². The number of rotatable bonds is 35. The molecule has 0 aromatic heterocycles. The fourth-order valence-electron chi connectivity index (χ4n) is 11.5. The maximum Gasteiger partial charge on any atom is 0.306 e. The van der Waals surface area contributed by atoms with Crippen molar-refractivity contribution in [3.8, 4) is 5.75 Å². The summed E-state index contributed by atoms with van der Waals surface area (Å²) in [5.74, 6) is -6.73. The minimum Gasteiger partial charge on any atom is -0.484 e. The van der Waals surface area contributed by atoms with Crippen molar-refractivity contribution in [3.63, 3.8) is 0 Å². The summed E-state index contributed by atoms with van der Waals surface area (Å²) in [6, 6.07) is 8.04. The van der Waals surface area contributed by atoms with Gasteiger partial charge in [0.2, 0.25) is 41.4 Å². The largest absolute Gasteiger partial charge is 0.484 e. The Kier molecular flexibility index (Phi) is 30.7. The number of carbonyl (C=O) groups is 10. The molecule has 2 saturated heterocycles. The fourth-order valence-corrected chi connectivity index (χ4v) is 11.8. The summed E-state index contributed by atoms with van der Waals surface area (Å²) in [4.78, 5) is 144. The van der Waals surface area contributed by atoms with Crippen molar-refractivity contribution in [1.29, 1.82) is 0 Å². The number of hydroxylamine groups is 1. The monoisotopic (exact) mass is 1280 g/mol. The van der Waals surface area contributed by atoms with Crippen molar-refractivity contribution in [1.82, 2.24) is 45.8 Å². The molecule has 90 heavy (non-hydrogen) atoms. The SMILES string of the molecule is CC[C@H](C)[C@@H]([C@@H](CC(=O)N1CCC[C@H]1[C@H](OC)[C@@H](C)C(=O)N[C@@H](Cc1ccc(OCC(=O)NOCc2ccc(NC(=O)[C@H](C)NC(=O)CCC(=O)N3CCC(C(=O)O)CC3)cc2)cc1)C(=O)NS(=O)O)OC)N(C)C(=O)[C@@H](NC(=O)[C@H](C(C)C)N(C)C)C(C)C. The summed E-state index contributed by atoms with van der Waals surface area (Å²) in [5, 5.41) is 20.2. The number of hydrogen-bond donors (Lipinski definition) is 8. The molecule has 27 nitrogen and oxygen atoms in total. The molecule has 2 aromatic rings. The third-order valence-corrected chi connectivity index (χ3v) is 17.1. The summed E-state index contributed by atoms with van der Waals surface area (Å²) < 4.78 is 40.9. The highest BCUT2D eigenvalue weighted by atomic mass is 32.2. The number of carboxylic acid groups (broad SMARTS) is 1. The van der Waals surface area contributed by atoms with Crippen molar-refractivity contribution in [2.24, 2.45) is 29.6 Å². The number of amides is 9. The molecule has 0 saturated carbocycles. The van der Waals surface area contributed by atoms with Gasteiger partial charge >= 0.3 is 5.97 Å². The van der Waals surface area contributed by atoms with Gasteiger partial charge in [0.15, 0.2) is 6.61 Å². The first-order chi connectivity index (χ1) is 42.5. The molecule has 2 aliphatic rings. The van der Waals surface area contributed by atoms with Crippen LogP contribution in [0.15, 0.2) is 48.5 Å². The molecule has 9 amide bonds. The number of likely N-dealkylation sites (N-methyl/N-ethyl adjacent to an activating group) is 2. The molecular formula is C62H96N10O17S. The fraction of sp³-hybridized carbons (Fsp3) is 0.645. The number of methoxy groups -OCH3 is 2. The third-order valence-electron chi connectivity index (χ3n) is 16.7. The van der Waals surface area contributed by atoms with Crippen LogP contribution in [0.1, 0.15) is 118 Å². The van der Waals surface area contributed by atoms with E-state index < -0.39 is 114 Å². The lowest BCUT2D eigenvalue weighted by molar-refractivity contribution is -0.148. The molecule has 2 heterocycles. The van der Waals surface area contributed by atoms with E-state index in [1.165, 1.54) is 33.3 Å². The van der Waals surface area contributed by atoms with Crippen molar-refractivity contribution < 1.29 is 80.9 Å². The zero-order valence-electron chi connectivity index (χ0n) is 54.2. The Morgan fingerprint density at radius 2 is 1.36 bits per heavy atom. The quantitative estimate of drug-likeness (QED) is 0.0363. The number of nitrogens with one attached hydrogen (secondary N) is 6. The molecular weight excluding hydrogens is 1190 g/mol. The molecule has 28 heteroatoms. The van der Waals surface area contributed by atoms with Gasteiger partial charge in [0, 0.05) is 65.9 Å². The first kappa shape index (κ1) is 75.3. The average molecular weight is 1290 g/mol. The maximum absolute atomic E-state index is 14.5. The van der Waals surface area contributed by atoms with Crippen molar-refractivity contribution >= 4 is 76.1 Å². The van der Waals surface area contributed by atoms with Gasteiger partial charge in [-0.15, -0.1) is 0 Å². The third kappa shape index (κ3) is 22.7. The second kappa shape index (κ2) is 36.7. The number of hydrogen-bond acceptors (Lipinski definition) is 16. The molecule has 502 valence electrons. The van der Waals surface area contributed by atoms with Gasteiger partial charge in [0.1, 0.15) is 23.9 Å². The smallest absolute Gasteiger partial charge is 0.306 e. The highest BCUT2D eigenvalue weighted by molar-refractivity contribution is 7.77. The van der Waals surface area contributed by atoms with Crippen molar-refractivity contribution in [2.45, 2.75) is 168 Å². The molecule has 2 aliphatic heterocycles. The Morgan fingerprint density at radius 1 is 0.722 bits per heavy atom. The number of likely N-dealkylation sites (tertiary alicyclic amines) is 2. The molecule has 0 radical (unpaired) electrons. The highest BCUT2D eigenvalue weighted by Gasteiger charge is 2.44. The maximum atomic E-state index is 14.5. The van der Waals surface area contributed by atoms with Gasteiger partial charge in [-0.25, -0.2) is 9.69 Å². The summed E-state index contributed by atoms with van der Waals surface area (Å²) >= 11 is -2.77. The van der Waals surface area contributed by atoms with E-state index >= 15 is 0 Å². The van der Waals surface area contributed by atoms with Crippen LogP contribution in [0.3, 0.4) is 0 Å². The molecule has 4 rings (SSSR count). The molecule has 1 unspecified atom stereocenters. The van der Waals surface area contributed by atoms with Crippen LogP contribution in [0, 0.1) is 29.6 Å². The van der Waals surface area contributed by atoms with E-state index in [9.17, 15) is 61.8 Å². The van der Waals surface area contributed by atoms with E-state index in [2.05, 4.69) is 26.7 Å². The number of ether oxygens (including phenoxy) is 3. The predicted molar refractivity (Wildman–Crippen MR) is 333 cm³/mol. The van der Waals surface area contributed by atoms with Gasteiger partial charge in [0.05, 0.1) is 55.2 Å². The Hall–Kier alpha value is -7.11. The molecule has 0 aliphatic carbocycles. The van der Waals surface area contributed by atoms with Crippen molar-refractivity contribution in [2.75, 3.05) is 66.9 Å². The Bertz CT molecular complexity index is 2760. The van der Waals surface area contributed by atoms with Crippen LogP contribution in [-0.2, 0) is 86.6 Å². The van der Waals surface area contributed by atoms with Crippen LogP contribution in [0.2, 0.25) is 0 Å². The molecule has 2 aromatic carbocycles. The molecule has 2 fully saturated rings. The van der Waals surface area contributed by atoms with Crippen molar-refractivity contribution in [3.05, 3.63) is 59.7 Å². The lowest BCUT2D eigenvalue weighted by Crippen LogP contribution is -2.59. The zero-order chi connectivity index (χ0) is 67.1. The molecule has 0 bridgehead atoms. The number of piperidine rings is 1. The lowest BCUT2D eigenvalue weighted by atomic mass is 9.89. The zero-order valence-corrected chi connectivity index (χ0v) is 55.1. The molecule has 8 N–H and O–H groups in total.